The Labute approximate surface area is 158 Å². The van der Waals surface area contributed by atoms with Crippen molar-refractivity contribution in [3.8, 4) is 0 Å². The molecule has 0 aromatic heterocycles. The molecule has 4 aromatic rings. The van der Waals surface area contributed by atoms with Crippen LogP contribution in [0.3, 0.4) is 0 Å². The van der Waals surface area contributed by atoms with Crippen molar-refractivity contribution in [3.05, 3.63) is 97.1 Å². The molecule has 0 saturated heterocycles. The molecular formula is C22H16OSe2. The Bertz CT molecular complexity index is 1020. The fourth-order valence-electron chi connectivity index (χ4n) is 2.80. The van der Waals surface area contributed by atoms with E-state index < -0.39 is 13.8 Å². The molecule has 0 radical (unpaired) electrons. The normalized spacial score (nSPS) is 12.2. The zero-order chi connectivity index (χ0) is 17.1. The zero-order valence-electron chi connectivity index (χ0n) is 13.5. The van der Waals surface area contributed by atoms with Crippen LogP contribution in [0, 0.1) is 0 Å². The third kappa shape index (κ3) is 3.51. The third-order valence-electron chi connectivity index (χ3n) is 3.96. The Morgan fingerprint density at radius 1 is 0.640 bits per heavy atom. The molecule has 0 amide bonds. The predicted octanol–water partition coefficient (Wildman–Crippen LogP) is 2.03. The molecule has 0 aliphatic carbocycles. The van der Waals surface area contributed by atoms with Crippen LogP contribution in [0.5, 0.6) is 0 Å². The Kier molecular flexibility index (Phi) is 4.92. The second-order valence-corrected chi connectivity index (χ2v) is 11.0. The SMILES string of the molecule is O=[Se](c1ccccc1)c1cccc2cccc([Se]c3ccccc3)c12. The summed E-state index contributed by atoms with van der Waals surface area (Å²) in [6.07, 6.45) is 0. The summed E-state index contributed by atoms with van der Waals surface area (Å²) in [6.45, 7) is 0. The number of fused-ring (bicyclic) bond motifs is 1. The van der Waals surface area contributed by atoms with Crippen LogP contribution in [0.2, 0.25) is 0 Å². The van der Waals surface area contributed by atoms with Gasteiger partial charge in [-0.25, -0.2) is 0 Å². The summed E-state index contributed by atoms with van der Waals surface area (Å²) in [5.41, 5.74) is 0. The van der Waals surface area contributed by atoms with Crippen LogP contribution in [0.25, 0.3) is 10.8 Å². The van der Waals surface area contributed by atoms with E-state index in [1.165, 1.54) is 19.7 Å². The number of rotatable bonds is 4. The molecule has 0 fully saturated rings. The molecule has 0 N–H and O–H groups in total. The van der Waals surface area contributed by atoms with Crippen LogP contribution >= 0.6 is 0 Å². The van der Waals surface area contributed by atoms with E-state index in [9.17, 15) is 3.83 Å². The monoisotopic (exact) mass is 456 g/mol. The topological polar surface area (TPSA) is 17.1 Å². The van der Waals surface area contributed by atoms with Gasteiger partial charge in [-0.15, -0.1) is 0 Å². The van der Waals surface area contributed by atoms with Gasteiger partial charge in [-0.05, 0) is 0 Å². The molecule has 4 rings (SSSR count). The standard InChI is InChI=1S/C22H16OSe2/c23-25(19-13-5-2-6-14-19)21-16-8-10-17-9-7-15-20(22(17)21)24-18-11-3-1-4-12-18/h1-16H. The average Bonchev–Trinajstić information content (AvgIpc) is 2.69. The third-order valence-corrected chi connectivity index (χ3v) is 9.22. The molecule has 0 heterocycles. The van der Waals surface area contributed by atoms with Crippen LogP contribution < -0.4 is 17.8 Å². The van der Waals surface area contributed by atoms with Crippen molar-refractivity contribution in [2.75, 3.05) is 0 Å². The van der Waals surface area contributed by atoms with Crippen molar-refractivity contribution in [1.82, 2.24) is 0 Å². The quantitative estimate of drug-likeness (QED) is 0.432. The molecule has 122 valence electrons. The molecule has 0 aliphatic rings. The van der Waals surface area contributed by atoms with E-state index in [0.29, 0.717) is 0 Å². The summed E-state index contributed by atoms with van der Waals surface area (Å²) in [4.78, 5) is 0. The van der Waals surface area contributed by atoms with Gasteiger partial charge in [-0.2, -0.15) is 0 Å². The number of benzene rings is 4. The van der Waals surface area contributed by atoms with Gasteiger partial charge in [0.2, 0.25) is 0 Å². The molecule has 1 atom stereocenters. The summed E-state index contributed by atoms with van der Waals surface area (Å²) < 4.78 is 17.9. The first-order chi connectivity index (χ1) is 12.3. The predicted molar refractivity (Wildman–Crippen MR) is 108 cm³/mol. The van der Waals surface area contributed by atoms with Crippen molar-refractivity contribution < 1.29 is 3.83 Å². The van der Waals surface area contributed by atoms with Crippen LogP contribution in [0.1, 0.15) is 0 Å². The molecule has 0 bridgehead atoms. The van der Waals surface area contributed by atoms with Crippen LogP contribution in [-0.2, 0) is 3.83 Å². The minimum atomic E-state index is -2.29. The maximum absolute atomic E-state index is 13.3. The Hall–Kier alpha value is -2.02. The van der Waals surface area contributed by atoms with E-state index in [2.05, 4.69) is 48.5 Å². The summed E-state index contributed by atoms with van der Waals surface area (Å²) in [5.74, 6) is 0. The van der Waals surface area contributed by atoms with Gasteiger partial charge in [0.05, 0.1) is 0 Å². The maximum atomic E-state index is 13.3. The van der Waals surface area contributed by atoms with Crippen LogP contribution in [-0.4, -0.2) is 28.8 Å². The van der Waals surface area contributed by atoms with E-state index >= 15 is 0 Å². The second kappa shape index (κ2) is 7.47. The molecular weight excluding hydrogens is 438 g/mol. The summed E-state index contributed by atoms with van der Waals surface area (Å²) in [6, 6.07) is 33.0. The van der Waals surface area contributed by atoms with Gasteiger partial charge >= 0.3 is 158 Å². The fraction of sp³-hybridized carbons (Fsp3) is 0. The molecule has 1 nitrogen and oxygen atoms in total. The fourth-order valence-corrected chi connectivity index (χ4v) is 7.95. The first kappa shape index (κ1) is 16.4. The molecule has 0 saturated carbocycles. The summed E-state index contributed by atoms with van der Waals surface area (Å²) >= 11 is -2.09. The first-order valence-electron chi connectivity index (χ1n) is 8.04. The van der Waals surface area contributed by atoms with Crippen LogP contribution in [0.15, 0.2) is 97.1 Å². The average molecular weight is 454 g/mol. The Morgan fingerprint density at radius 3 is 2.00 bits per heavy atom. The van der Waals surface area contributed by atoms with Gasteiger partial charge < -0.3 is 0 Å². The molecule has 25 heavy (non-hydrogen) atoms. The van der Waals surface area contributed by atoms with E-state index in [0.717, 1.165) is 8.92 Å². The molecule has 0 aliphatic heterocycles. The van der Waals surface area contributed by atoms with Gasteiger partial charge in [-0.1, -0.05) is 0 Å². The Morgan fingerprint density at radius 2 is 1.28 bits per heavy atom. The number of hydrogen-bond acceptors (Lipinski definition) is 1. The van der Waals surface area contributed by atoms with Crippen molar-refractivity contribution in [3.63, 3.8) is 0 Å². The molecule has 1 unspecified atom stereocenters. The minimum absolute atomic E-state index is 0.194. The van der Waals surface area contributed by atoms with Crippen LogP contribution in [0.4, 0.5) is 0 Å². The van der Waals surface area contributed by atoms with Crippen molar-refractivity contribution in [1.29, 1.82) is 0 Å². The van der Waals surface area contributed by atoms with Gasteiger partial charge in [-0.3, -0.25) is 0 Å². The second-order valence-electron chi connectivity index (χ2n) is 5.61. The van der Waals surface area contributed by atoms with Crippen molar-refractivity contribution in [2.45, 2.75) is 0 Å². The van der Waals surface area contributed by atoms with Crippen molar-refractivity contribution in [2.24, 2.45) is 0 Å². The Balaban J connectivity index is 1.86. The van der Waals surface area contributed by atoms with E-state index in [-0.39, 0.29) is 15.0 Å². The number of hydrogen-bond donors (Lipinski definition) is 0. The first-order valence-corrected chi connectivity index (χ1v) is 12.2. The summed E-state index contributed by atoms with van der Waals surface area (Å²) in [5, 5.41) is 2.35. The molecule has 3 heteroatoms. The van der Waals surface area contributed by atoms with Gasteiger partial charge in [0, 0.05) is 0 Å². The van der Waals surface area contributed by atoms with Gasteiger partial charge in [0.1, 0.15) is 0 Å². The van der Waals surface area contributed by atoms with E-state index in [1.54, 1.807) is 0 Å². The van der Waals surface area contributed by atoms with Gasteiger partial charge in [0.25, 0.3) is 0 Å². The zero-order valence-corrected chi connectivity index (χ0v) is 16.9. The van der Waals surface area contributed by atoms with Gasteiger partial charge in [0.15, 0.2) is 0 Å². The molecule has 0 spiro atoms. The van der Waals surface area contributed by atoms with Crippen molar-refractivity contribution >= 4 is 57.4 Å². The van der Waals surface area contributed by atoms with E-state index in [4.69, 9.17) is 0 Å². The summed E-state index contributed by atoms with van der Waals surface area (Å²) in [7, 11) is 0. The van der Waals surface area contributed by atoms with E-state index in [1.807, 2.05) is 48.5 Å². The molecule has 4 aromatic carbocycles.